The summed E-state index contributed by atoms with van der Waals surface area (Å²) in [5.74, 6) is 2.06. The number of amides is 1. The van der Waals surface area contributed by atoms with Crippen molar-refractivity contribution in [2.75, 3.05) is 20.8 Å². The van der Waals surface area contributed by atoms with Gasteiger partial charge < -0.3 is 19.5 Å². The number of hydrogen-bond acceptors (Lipinski definition) is 6. The van der Waals surface area contributed by atoms with Gasteiger partial charge in [-0.3, -0.25) is 4.79 Å². The number of nitrogens with one attached hydrogen (secondary N) is 1. The van der Waals surface area contributed by atoms with Gasteiger partial charge >= 0.3 is 0 Å². The highest BCUT2D eigenvalue weighted by Crippen LogP contribution is 2.29. The van der Waals surface area contributed by atoms with Gasteiger partial charge in [-0.05, 0) is 56.3 Å². The van der Waals surface area contributed by atoms with Crippen molar-refractivity contribution in [2.45, 2.75) is 20.4 Å². The van der Waals surface area contributed by atoms with E-state index < -0.39 is 0 Å². The molecule has 0 saturated carbocycles. The molecule has 0 bridgehead atoms. The van der Waals surface area contributed by atoms with Crippen LogP contribution in [-0.4, -0.2) is 31.7 Å². The number of thiazole rings is 1. The van der Waals surface area contributed by atoms with Crippen LogP contribution in [0.2, 0.25) is 0 Å². The summed E-state index contributed by atoms with van der Waals surface area (Å²) < 4.78 is 16.1. The molecular formula is C22H24N2O4S. The monoisotopic (exact) mass is 412 g/mol. The number of carbonyl (C=O) groups excluding carboxylic acids is 1. The molecule has 1 N–H and O–H groups in total. The van der Waals surface area contributed by atoms with Crippen molar-refractivity contribution in [1.29, 1.82) is 0 Å². The number of methoxy groups -OCH3 is 2. The van der Waals surface area contributed by atoms with Gasteiger partial charge in [0.25, 0.3) is 5.91 Å². The number of benzene rings is 2. The fourth-order valence-electron chi connectivity index (χ4n) is 2.87. The first-order valence-corrected chi connectivity index (χ1v) is 10.1. The van der Waals surface area contributed by atoms with Crippen LogP contribution in [0.4, 0.5) is 0 Å². The molecule has 0 fully saturated rings. The topological polar surface area (TPSA) is 69.7 Å². The first-order chi connectivity index (χ1) is 14.0. The molecule has 7 heteroatoms. The maximum Gasteiger partial charge on any atom is 0.263 e. The molecule has 0 atom stereocenters. The van der Waals surface area contributed by atoms with Gasteiger partial charge in [0, 0.05) is 17.7 Å². The molecule has 0 radical (unpaired) electrons. The van der Waals surface area contributed by atoms with Gasteiger partial charge in [-0.15, -0.1) is 11.3 Å². The van der Waals surface area contributed by atoms with Gasteiger partial charge in [0.05, 0.1) is 26.5 Å². The third kappa shape index (κ3) is 4.86. The van der Waals surface area contributed by atoms with E-state index in [1.807, 2.05) is 56.3 Å². The Hall–Kier alpha value is -3.06. The normalized spacial score (nSPS) is 10.5. The molecule has 3 rings (SSSR count). The fraction of sp³-hybridized carbons (Fsp3) is 0.273. The standard InChI is InChI=1S/C22H24N2O4S/c1-5-28-17-8-6-15(7-9-17)22-24-14(2)20(29-22)21(25)23-13-16-12-18(26-3)10-11-19(16)27-4/h6-12H,5,13H2,1-4H3,(H,23,25). The Balaban J connectivity index is 1.74. The Labute approximate surface area is 174 Å². The summed E-state index contributed by atoms with van der Waals surface area (Å²) >= 11 is 1.37. The summed E-state index contributed by atoms with van der Waals surface area (Å²) in [7, 11) is 3.21. The Kier molecular flexibility index (Phi) is 6.72. The second-order valence-electron chi connectivity index (χ2n) is 6.25. The van der Waals surface area contributed by atoms with Gasteiger partial charge in [0.2, 0.25) is 0 Å². The molecule has 0 spiro atoms. The summed E-state index contributed by atoms with van der Waals surface area (Å²) in [5, 5.41) is 3.75. The lowest BCUT2D eigenvalue weighted by Gasteiger charge is -2.11. The number of hydrogen-bond donors (Lipinski definition) is 1. The first kappa shape index (κ1) is 20.7. The Morgan fingerprint density at radius 3 is 2.45 bits per heavy atom. The van der Waals surface area contributed by atoms with Crippen LogP contribution in [0.15, 0.2) is 42.5 Å². The lowest BCUT2D eigenvalue weighted by Crippen LogP contribution is -2.22. The van der Waals surface area contributed by atoms with Crippen LogP contribution in [0.5, 0.6) is 17.2 Å². The van der Waals surface area contributed by atoms with Crippen molar-refractivity contribution in [1.82, 2.24) is 10.3 Å². The van der Waals surface area contributed by atoms with E-state index in [1.54, 1.807) is 14.2 Å². The van der Waals surface area contributed by atoms with E-state index in [-0.39, 0.29) is 5.91 Å². The summed E-state index contributed by atoms with van der Waals surface area (Å²) in [6, 6.07) is 13.2. The minimum atomic E-state index is -0.165. The lowest BCUT2D eigenvalue weighted by molar-refractivity contribution is 0.0954. The number of carbonyl (C=O) groups is 1. The van der Waals surface area contributed by atoms with E-state index in [1.165, 1.54) is 11.3 Å². The molecule has 0 unspecified atom stereocenters. The number of aryl methyl sites for hydroxylation is 1. The van der Waals surface area contributed by atoms with Crippen LogP contribution in [0, 0.1) is 6.92 Å². The van der Waals surface area contributed by atoms with E-state index >= 15 is 0 Å². The third-order valence-electron chi connectivity index (χ3n) is 4.34. The van der Waals surface area contributed by atoms with Gasteiger partial charge in [0.15, 0.2) is 0 Å². The quantitative estimate of drug-likeness (QED) is 0.591. The van der Waals surface area contributed by atoms with Crippen molar-refractivity contribution in [3.8, 4) is 27.8 Å². The third-order valence-corrected chi connectivity index (χ3v) is 5.55. The molecule has 0 aliphatic heterocycles. The van der Waals surface area contributed by atoms with Gasteiger partial charge in [-0.1, -0.05) is 0 Å². The fourth-order valence-corrected chi connectivity index (χ4v) is 3.85. The summed E-state index contributed by atoms with van der Waals surface area (Å²) in [4.78, 5) is 17.9. The molecule has 1 aromatic heterocycles. The number of aromatic nitrogens is 1. The number of rotatable bonds is 8. The zero-order chi connectivity index (χ0) is 20.8. The smallest absolute Gasteiger partial charge is 0.263 e. The van der Waals surface area contributed by atoms with Crippen molar-refractivity contribution in [2.24, 2.45) is 0 Å². The summed E-state index contributed by atoms with van der Waals surface area (Å²) in [6.07, 6.45) is 0. The molecule has 0 aliphatic carbocycles. The highest BCUT2D eigenvalue weighted by atomic mass is 32.1. The predicted octanol–water partition coefficient (Wildman–Crippen LogP) is 4.46. The maximum atomic E-state index is 12.7. The number of nitrogens with zero attached hydrogens (tertiary/aromatic N) is 1. The molecule has 3 aromatic rings. The van der Waals surface area contributed by atoms with Crippen molar-refractivity contribution < 1.29 is 19.0 Å². The van der Waals surface area contributed by atoms with Crippen LogP contribution >= 0.6 is 11.3 Å². The van der Waals surface area contributed by atoms with E-state index in [0.717, 1.165) is 21.9 Å². The average Bonchev–Trinajstić information content (AvgIpc) is 3.14. The van der Waals surface area contributed by atoms with Crippen LogP contribution < -0.4 is 19.5 Å². The average molecular weight is 413 g/mol. The summed E-state index contributed by atoms with van der Waals surface area (Å²) in [6.45, 7) is 4.74. The molecule has 0 saturated heterocycles. The molecule has 2 aromatic carbocycles. The Morgan fingerprint density at radius 1 is 1.07 bits per heavy atom. The Morgan fingerprint density at radius 2 is 1.79 bits per heavy atom. The summed E-state index contributed by atoms with van der Waals surface area (Å²) in [5.41, 5.74) is 2.50. The second-order valence-corrected chi connectivity index (χ2v) is 7.25. The van der Waals surface area contributed by atoms with E-state index in [4.69, 9.17) is 14.2 Å². The minimum absolute atomic E-state index is 0.165. The van der Waals surface area contributed by atoms with Crippen LogP contribution in [0.25, 0.3) is 10.6 Å². The lowest BCUT2D eigenvalue weighted by atomic mass is 10.2. The van der Waals surface area contributed by atoms with Crippen LogP contribution in [-0.2, 0) is 6.54 Å². The molecule has 1 amide bonds. The van der Waals surface area contributed by atoms with Crippen LogP contribution in [0.1, 0.15) is 27.9 Å². The van der Waals surface area contributed by atoms with Crippen molar-refractivity contribution in [3.63, 3.8) is 0 Å². The molecule has 29 heavy (non-hydrogen) atoms. The predicted molar refractivity (Wildman–Crippen MR) is 114 cm³/mol. The minimum Gasteiger partial charge on any atom is -0.497 e. The second kappa shape index (κ2) is 9.43. The Bertz CT molecular complexity index is 983. The van der Waals surface area contributed by atoms with Gasteiger partial charge in [0.1, 0.15) is 27.1 Å². The molecular weight excluding hydrogens is 388 g/mol. The SMILES string of the molecule is CCOc1ccc(-c2nc(C)c(C(=O)NCc3cc(OC)ccc3OC)s2)cc1. The highest BCUT2D eigenvalue weighted by molar-refractivity contribution is 7.17. The zero-order valence-electron chi connectivity index (χ0n) is 16.9. The van der Waals surface area contributed by atoms with E-state index in [9.17, 15) is 4.79 Å². The molecule has 6 nitrogen and oxygen atoms in total. The molecule has 0 aliphatic rings. The molecule has 152 valence electrons. The maximum absolute atomic E-state index is 12.7. The van der Waals surface area contributed by atoms with Crippen molar-refractivity contribution >= 4 is 17.2 Å². The zero-order valence-corrected chi connectivity index (χ0v) is 17.8. The van der Waals surface area contributed by atoms with Gasteiger partial charge in [-0.25, -0.2) is 4.98 Å². The number of ether oxygens (including phenoxy) is 3. The van der Waals surface area contributed by atoms with Crippen molar-refractivity contribution in [3.05, 3.63) is 58.6 Å². The first-order valence-electron chi connectivity index (χ1n) is 9.25. The van der Waals surface area contributed by atoms with Crippen LogP contribution in [0.3, 0.4) is 0 Å². The largest absolute Gasteiger partial charge is 0.497 e. The van der Waals surface area contributed by atoms with E-state index in [2.05, 4.69) is 10.3 Å². The van der Waals surface area contributed by atoms with E-state index in [0.29, 0.717) is 35.2 Å². The van der Waals surface area contributed by atoms with Gasteiger partial charge in [-0.2, -0.15) is 0 Å². The molecule has 1 heterocycles. The highest BCUT2D eigenvalue weighted by Gasteiger charge is 2.17.